The Morgan fingerprint density at radius 3 is 2.00 bits per heavy atom. The van der Waals surface area contributed by atoms with Gasteiger partial charge in [-0.2, -0.15) is 0 Å². The molecule has 1 aliphatic heterocycles. The summed E-state index contributed by atoms with van der Waals surface area (Å²) in [6.45, 7) is 2.32. The van der Waals surface area contributed by atoms with Gasteiger partial charge < -0.3 is 10.6 Å². The molecule has 1 aliphatic rings. The highest BCUT2D eigenvalue weighted by Crippen LogP contribution is 2.24. The number of hydrogen-bond acceptors (Lipinski definition) is 2. The van der Waals surface area contributed by atoms with Crippen LogP contribution in [0, 0.1) is 0 Å². The predicted octanol–water partition coefficient (Wildman–Crippen LogP) is 3.49. The second kappa shape index (κ2) is 7.64. The zero-order valence-corrected chi connectivity index (χ0v) is 11.0. The van der Waals surface area contributed by atoms with Gasteiger partial charge in [0.2, 0.25) is 0 Å². The van der Waals surface area contributed by atoms with E-state index in [0.29, 0.717) is 0 Å². The summed E-state index contributed by atoms with van der Waals surface area (Å²) in [5.74, 6) is 0. The molecule has 0 saturated carbocycles. The maximum atomic E-state index is 5.96. The second-order valence-corrected chi connectivity index (χ2v) is 3.96. The summed E-state index contributed by atoms with van der Waals surface area (Å²) in [5, 5.41) is 0. The molecule has 4 heteroatoms. The molecule has 1 aromatic carbocycles. The molecule has 0 aliphatic carbocycles. The monoisotopic (exact) mass is 262 g/mol. The van der Waals surface area contributed by atoms with Crippen molar-refractivity contribution in [3.05, 3.63) is 24.3 Å². The molecule has 1 saturated heterocycles. The van der Waals surface area contributed by atoms with Crippen molar-refractivity contribution < 1.29 is 0 Å². The molecule has 1 fully saturated rings. The SMILES string of the molecule is Cl.Cl.Nc1ccccc1N1CCCCCC1. The van der Waals surface area contributed by atoms with Crippen molar-refractivity contribution in [3.63, 3.8) is 0 Å². The Kier molecular flexibility index (Phi) is 7.35. The number of rotatable bonds is 1. The Hall–Kier alpha value is -0.600. The van der Waals surface area contributed by atoms with E-state index in [4.69, 9.17) is 5.73 Å². The molecule has 0 unspecified atom stereocenters. The van der Waals surface area contributed by atoms with E-state index in [1.807, 2.05) is 12.1 Å². The fraction of sp³-hybridized carbons (Fsp3) is 0.500. The summed E-state index contributed by atoms with van der Waals surface area (Å²) in [5.41, 5.74) is 8.09. The van der Waals surface area contributed by atoms with Crippen molar-refractivity contribution in [2.24, 2.45) is 0 Å². The highest BCUT2D eigenvalue weighted by Gasteiger charge is 2.11. The summed E-state index contributed by atoms with van der Waals surface area (Å²) in [6, 6.07) is 8.17. The van der Waals surface area contributed by atoms with Crippen LogP contribution in [0.3, 0.4) is 0 Å². The Morgan fingerprint density at radius 2 is 1.44 bits per heavy atom. The van der Waals surface area contributed by atoms with E-state index in [9.17, 15) is 0 Å². The molecule has 16 heavy (non-hydrogen) atoms. The molecule has 0 aromatic heterocycles. The maximum absolute atomic E-state index is 5.96. The Labute approximate surface area is 110 Å². The molecule has 0 bridgehead atoms. The summed E-state index contributed by atoms with van der Waals surface area (Å²) in [6.07, 6.45) is 5.33. The van der Waals surface area contributed by atoms with Crippen LogP contribution < -0.4 is 10.6 Å². The summed E-state index contributed by atoms with van der Waals surface area (Å²) in [7, 11) is 0. The normalized spacial score (nSPS) is 15.6. The number of nitrogen functional groups attached to an aromatic ring is 1. The van der Waals surface area contributed by atoms with Crippen molar-refractivity contribution in [2.75, 3.05) is 23.7 Å². The van der Waals surface area contributed by atoms with E-state index in [1.54, 1.807) is 0 Å². The van der Waals surface area contributed by atoms with Gasteiger partial charge >= 0.3 is 0 Å². The van der Waals surface area contributed by atoms with Gasteiger partial charge in [-0.15, -0.1) is 24.8 Å². The van der Waals surface area contributed by atoms with Gasteiger partial charge in [-0.1, -0.05) is 25.0 Å². The molecular formula is C12H20Cl2N2. The number of halogens is 2. The van der Waals surface area contributed by atoms with Crippen LogP contribution in [0.1, 0.15) is 25.7 Å². The minimum Gasteiger partial charge on any atom is -0.397 e. The first kappa shape index (κ1) is 15.4. The van der Waals surface area contributed by atoms with Gasteiger partial charge in [0.1, 0.15) is 0 Å². The second-order valence-electron chi connectivity index (χ2n) is 3.96. The quantitative estimate of drug-likeness (QED) is 0.786. The molecular weight excluding hydrogens is 243 g/mol. The van der Waals surface area contributed by atoms with Crippen LogP contribution in [0.2, 0.25) is 0 Å². The zero-order chi connectivity index (χ0) is 9.80. The van der Waals surface area contributed by atoms with Gasteiger partial charge in [-0.25, -0.2) is 0 Å². The topological polar surface area (TPSA) is 29.3 Å². The maximum Gasteiger partial charge on any atom is 0.0599 e. The number of nitrogens with zero attached hydrogens (tertiary/aromatic N) is 1. The minimum atomic E-state index is 0. The van der Waals surface area contributed by atoms with E-state index < -0.39 is 0 Å². The molecule has 2 N–H and O–H groups in total. The Morgan fingerprint density at radius 1 is 0.875 bits per heavy atom. The lowest BCUT2D eigenvalue weighted by Crippen LogP contribution is -2.24. The summed E-state index contributed by atoms with van der Waals surface area (Å²) >= 11 is 0. The van der Waals surface area contributed by atoms with Crippen LogP contribution >= 0.6 is 24.8 Å². The van der Waals surface area contributed by atoms with Gasteiger partial charge in [-0.05, 0) is 25.0 Å². The van der Waals surface area contributed by atoms with E-state index in [2.05, 4.69) is 17.0 Å². The van der Waals surface area contributed by atoms with Gasteiger partial charge in [0.05, 0.1) is 11.4 Å². The first-order valence-electron chi connectivity index (χ1n) is 5.47. The standard InChI is InChI=1S/C12H18N2.2ClH/c13-11-7-3-4-8-12(11)14-9-5-1-2-6-10-14;;/h3-4,7-8H,1-2,5-6,9-10,13H2;2*1H. The largest absolute Gasteiger partial charge is 0.397 e. The third-order valence-corrected chi connectivity index (χ3v) is 2.88. The Bertz CT molecular complexity index is 297. The van der Waals surface area contributed by atoms with E-state index in [1.165, 1.54) is 31.4 Å². The predicted molar refractivity (Wildman–Crippen MR) is 76.0 cm³/mol. The van der Waals surface area contributed by atoms with Gasteiger partial charge in [0, 0.05) is 13.1 Å². The Balaban J connectivity index is 0.00000112. The average Bonchev–Trinajstić information content (AvgIpc) is 2.47. The molecule has 0 spiro atoms. The molecule has 2 nitrogen and oxygen atoms in total. The number of hydrogen-bond donors (Lipinski definition) is 1. The smallest absolute Gasteiger partial charge is 0.0599 e. The van der Waals surface area contributed by atoms with Crippen molar-refractivity contribution in [1.82, 2.24) is 0 Å². The summed E-state index contributed by atoms with van der Waals surface area (Å²) in [4.78, 5) is 2.42. The third kappa shape index (κ3) is 3.76. The molecule has 0 radical (unpaired) electrons. The highest BCUT2D eigenvalue weighted by molar-refractivity contribution is 5.85. The van der Waals surface area contributed by atoms with E-state index >= 15 is 0 Å². The molecule has 92 valence electrons. The first-order valence-corrected chi connectivity index (χ1v) is 5.47. The average molecular weight is 263 g/mol. The first-order chi connectivity index (χ1) is 6.88. The van der Waals surface area contributed by atoms with Crippen LogP contribution in [0.15, 0.2) is 24.3 Å². The van der Waals surface area contributed by atoms with Crippen molar-refractivity contribution >= 4 is 36.2 Å². The van der Waals surface area contributed by atoms with Crippen LogP contribution in [0.4, 0.5) is 11.4 Å². The molecule has 0 atom stereocenters. The van der Waals surface area contributed by atoms with E-state index in [0.717, 1.165) is 18.8 Å². The van der Waals surface area contributed by atoms with Crippen molar-refractivity contribution in [1.29, 1.82) is 0 Å². The molecule has 1 aromatic rings. The fourth-order valence-corrected chi connectivity index (χ4v) is 2.09. The summed E-state index contributed by atoms with van der Waals surface area (Å²) < 4.78 is 0. The fourth-order valence-electron chi connectivity index (χ4n) is 2.09. The molecule has 1 heterocycles. The number of anilines is 2. The van der Waals surface area contributed by atoms with Crippen LogP contribution in [0.5, 0.6) is 0 Å². The van der Waals surface area contributed by atoms with Crippen LogP contribution in [0.25, 0.3) is 0 Å². The van der Waals surface area contributed by atoms with Gasteiger partial charge in [0.25, 0.3) is 0 Å². The van der Waals surface area contributed by atoms with Crippen LogP contribution in [-0.2, 0) is 0 Å². The van der Waals surface area contributed by atoms with Gasteiger partial charge in [0.15, 0.2) is 0 Å². The van der Waals surface area contributed by atoms with Crippen molar-refractivity contribution in [3.8, 4) is 0 Å². The molecule has 0 amide bonds. The number of nitrogens with two attached hydrogens (primary N) is 1. The lowest BCUT2D eigenvalue weighted by molar-refractivity contribution is 0.726. The zero-order valence-electron chi connectivity index (χ0n) is 9.39. The molecule has 2 rings (SSSR count). The number of para-hydroxylation sites is 2. The van der Waals surface area contributed by atoms with E-state index in [-0.39, 0.29) is 24.8 Å². The van der Waals surface area contributed by atoms with Gasteiger partial charge in [-0.3, -0.25) is 0 Å². The lowest BCUT2D eigenvalue weighted by atomic mass is 10.2. The lowest BCUT2D eigenvalue weighted by Gasteiger charge is -2.23. The number of benzene rings is 1. The van der Waals surface area contributed by atoms with Crippen LogP contribution in [-0.4, -0.2) is 13.1 Å². The van der Waals surface area contributed by atoms with Crippen molar-refractivity contribution in [2.45, 2.75) is 25.7 Å². The highest BCUT2D eigenvalue weighted by atomic mass is 35.5. The minimum absolute atomic E-state index is 0. The third-order valence-electron chi connectivity index (χ3n) is 2.88.